The molecule has 1 rings (SSSR count). The van der Waals surface area contributed by atoms with E-state index in [1.165, 1.54) is 6.20 Å². The number of amides is 1. The van der Waals surface area contributed by atoms with E-state index in [9.17, 15) is 4.79 Å². The quantitative estimate of drug-likeness (QED) is 0.679. The second-order valence-corrected chi connectivity index (χ2v) is 5.35. The van der Waals surface area contributed by atoms with Gasteiger partial charge in [-0.15, -0.1) is 0 Å². The van der Waals surface area contributed by atoms with Crippen molar-refractivity contribution < 1.29 is 4.79 Å². The molecule has 0 atom stereocenters. The highest BCUT2D eigenvalue weighted by Gasteiger charge is 2.07. The second kappa shape index (κ2) is 9.28. The molecule has 1 aromatic rings. The van der Waals surface area contributed by atoms with Crippen LogP contribution >= 0.6 is 0 Å². The minimum Gasteiger partial charge on any atom is -0.369 e. The molecule has 6 nitrogen and oxygen atoms in total. The highest BCUT2D eigenvalue weighted by molar-refractivity contribution is 5.91. The van der Waals surface area contributed by atoms with E-state index in [1.807, 2.05) is 6.92 Å². The van der Waals surface area contributed by atoms with Gasteiger partial charge in [0, 0.05) is 19.1 Å². The van der Waals surface area contributed by atoms with Gasteiger partial charge < -0.3 is 15.5 Å². The van der Waals surface area contributed by atoms with Crippen molar-refractivity contribution in [1.29, 1.82) is 0 Å². The molecular weight excluding hydrogens is 266 g/mol. The monoisotopic (exact) mass is 293 g/mol. The molecule has 0 saturated heterocycles. The van der Waals surface area contributed by atoms with Gasteiger partial charge in [0.2, 0.25) is 0 Å². The van der Waals surface area contributed by atoms with Crippen LogP contribution in [0.4, 0.5) is 5.82 Å². The molecule has 21 heavy (non-hydrogen) atoms. The molecule has 6 heteroatoms. The number of carbonyl (C=O) groups excluding carboxylic acids is 1. The summed E-state index contributed by atoms with van der Waals surface area (Å²) in [6, 6.07) is 0.560. The van der Waals surface area contributed by atoms with Crippen LogP contribution in [-0.4, -0.2) is 53.5 Å². The predicted molar refractivity (Wildman–Crippen MR) is 85.5 cm³/mol. The summed E-state index contributed by atoms with van der Waals surface area (Å²) in [4.78, 5) is 22.4. The van der Waals surface area contributed by atoms with E-state index >= 15 is 0 Å². The molecule has 0 aromatic carbocycles. The SMILES string of the molecule is CCNc1cnc(C(=O)NCCCCN(C)C(C)C)cn1. The minimum absolute atomic E-state index is 0.164. The van der Waals surface area contributed by atoms with E-state index in [2.05, 4.69) is 46.4 Å². The average Bonchev–Trinajstić information content (AvgIpc) is 2.47. The minimum atomic E-state index is -0.164. The number of nitrogens with one attached hydrogen (secondary N) is 2. The van der Waals surface area contributed by atoms with Crippen molar-refractivity contribution in [2.75, 3.05) is 32.0 Å². The molecule has 0 fully saturated rings. The largest absolute Gasteiger partial charge is 0.369 e. The van der Waals surface area contributed by atoms with Crippen molar-refractivity contribution >= 4 is 11.7 Å². The molecule has 0 aliphatic heterocycles. The Morgan fingerprint density at radius 3 is 2.62 bits per heavy atom. The van der Waals surface area contributed by atoms with Gasteiger partial charge in [0.25, 0.3) is 5.91 Å². The number of nitrogens with zero attached hydrogens (tertiary/aromatic N) is 3. The van der Waals surface area contributed by atoms with Gasteiger partial charge in [-0.1, -0.05) is 0 Å². The summed E-state index contributed by atoms with van der Waals surface area (Å²) in [5.74, 6) is 0.522. The summed E-state index contributed by atoms with van der Waals surface area (Å²) in [6.45, 7) is 8.84. The Labute approximate surface area is 127 Å². The maximum Gasteiger partial charge on any atom is 0.271 e. The predicted octanol–water partition coefficient (Wildman–Crippen LogP) is 1.76. The lowest BCUT2D eigenvalue weighted by molar-refractivity contribution is 0.0947. The number of rotatable bonds is 9. The standard InChI is InChI=1S/C15H27N5O/c1-5-16-14-11-18-13(10-19-14)15(21)17-8-6-7-9-20(4)12(2)3/h10-12H,5-9H2,1-4H3,(H,16,19)(H,17,21). The summed E-state index contributed by atoms with van der Waals surface area (Å²) in [5.41, 5.74) is 0.357. The first-order valence-electron chi connectivity index (χ1n) is 7.59. The topological polar surface area (TPSA) is 70.2 Å². The van der Waals surface area contributed by atoms with Crippen LogP contribution in [0.3, 0.4) is 0 Å². The van der Waals surface area contributed by atoms with Gasteiger partial charge in [0.05, 0.1) is 12.4 Å². The molecule has 1 aromatic heterocycles. The molecule has 1 amide bonds. The first-order chi connectivity index (χ1) is 10.0. The fraction of sp³-hybridized carbons (Fsp3) is 0.667. The van der Waals surface area contributed by atoms with E-state index < -0.39 is 0 Å². The highest BCUT2D eigenvalue weighted by Crippen LogP contribution is 2.01. The molecule has 0 aliphatic rings. The van der Waals surface area contributed by atoms with Crippen LogP contribution in [0.25, 0.3) is 0 Å². The molecule has 0 spiro atoms. The molecule has 0 saturated carbocycles. The van der Waals surface area contributed by atoms with Crippen molar-refractivity contribution in [3.05, 3.63) is 18.1 Å². The van der Waals surface area contributed by atoms with Crippen molar-refractivity contribution in [3.63, 3.8) is 0 Å². The van der Waals surface area contributed by atoms with Crippen molar-refractivity contribution in [1.82, 2.24) is 20.2 Å². The number of unbranched alkanes of at least 4 members (excludes halogenated alkanes) is 1. The molecule has 2 N–H and O–H groups in total. The Hall–Kier alpha value is -1.69. The molecule has 0 unspecified atom stereocenters. The number of aromatic nitrogens is 2. The molecule has 0 bridgehead atoms. The van der Waals surface area contributed by atoms with Crippen molar-refractivity contribution in [2.45, 2.75) is 39.7 Å². The lowest BCUT2D eigenvalue weighted by Crippen LogP contribution is -2.29. The molecule has 118 valence electrons. The molecule has 0 radical (unpaired) electrons. The van der Waals surface area contributed by atoms with E-state index in [1.54, 1.807) is 6.20 Å². The van der Waals surface area contributed by atoms with Gasteiger partial charge in [-0.2, -0.15) is 0 Å². The van der Waals surface area contributed by atoms with Gasteiger partial charge in [-0.3, -0.25) is 4.79 Å². The van der Waals surface area contributed by atoms with Crippen molar-refractivity contribution in [3.8, 4) is 0 Å². The van der Waals surface area contributed by atoms with E-state index in [0.29, 0.717) is 24.1 Å². The number of hydrogen-bond donors (Lipinski definition) is 2. The van der Waals surface area contributed by atoms with Crippen LogP contribution in [0.5, 0.6) is 0 Å². The number of hydrogen-bond acceptors (Lipinski definition) is 5. The fourth-order valence-electron chi connectivity index (χ4n) is 1.75. The zero-order chi connectivity index (χ0) is 15.7. The van der Waals surface area contributed by atoms with Crippen LogP contribution in [0.15, 0.2) is 12.4 Å². The van der Waals surface area contributed by atoms with Gasteiger partial charge >= 0.3 is 0 Å². The second-order valence-electron chi connectivity index (χ2n) is 5.35. The van der Waals surface area contributed by atoms with Gasteiger partial charge in [0.1, 0.15) is 11.5 Å². The molecule has 1 heterocycles. The fourth-order valence-corrected chi connectivity index (χ4v) is 1.75. The van der Waals surface area contributed by atoms with Gasteiger partial charge in [-0.25, -0.2) is 9.97 Å². The Morgan fingerprint density at radius 1 is 1.29 bits per heavy atom. The van der Waals surface area contributed by atoms with E-state index in [-0.39, 0.29) is 5.91 Å². The summed E-state index contributed by atoms with van der Waals surface area (Å²) in [7, 11) is 2.12. The number of carbonyl (C=O) groups is 1. The van der Waals surface area contributed by atoms with Gasteiger partial charge in [0.15, 0.2) is 0 Å². The van der Waals surface area contributed by atoms with Crippen LogP contribution in [-0.2, 0) is 0 Å². The summed E-state index contributed by atoms with van der Waals surface area (Å²) in [6.07, 6.45) is 5.11. The number of anilines is 1. The molecule has 0 aliphatic carbocycles. The third kappa shape index (κ3) is 6.53. The zero-order valence-electron chi connectivity index (χ0n) is 13.5. The lowest BCUT2D eigenvalue weighted by Gasteiger charge is -2.20. The van der Waals surface area contributed by atoms with Crippen LogP contribution in [0, 0.1) is 0 Å². The Morgan fingerprint density at radius 2 is 2.05 bits per heavy atom. The zero-order valence-corrected chi connectivity index (χ0v) is 13.5. The maximum absolute atomic E-state index is 11.9. The normalized spacial score (nSPS) is 11.0. The smallest absolute Gasteiger partial charge is 0.271 e. The summed E-state index contributed by atoms with van der Waals surface area (Å²) < 4.78 is 0. The Bertz CT molecular complexity index is 419. The average molecular weight is 293 g/mol. The lowest BCUT2D eigenvalue weighted by atomic mass is 10.2. The molecular formula is C15H27N5O. The first kappa shape index (κ1) is 17.4. The highest BCUT2D eigenvalue weighted by atomic mass is 16.1. The van der Waals surface area contributed by atoms with Gasteiger partial charge in [-0.05, 0) is 47.2 Å². The maximum atomic E-state index is 11.9. The van der Waals surface area contributed by atoms with Crippen LogP contribution < -0.4 is 10.6 Å². The summed E-state index contributed by atoms with van der Waals surface area (Å²) in [5, 5.41) is 5.92. The Kier molecular flexibility index (Phi) is 7.68. The third-order valence-electron chi connectivity index (χ3n) is 3.35. The van der Waals surface area contributed by atoms with E-state index in [0.717, 1.165) is 25.9 Å². The van der Waals surface area contributed by atoms with Crippen molar-refractivity contribution in [2.24, 2.45) is 0 Å². The third-order valence-corrected chi connectivity index (χ3v) is 3.35. The first-order valence-corrected chi connectivity index (χ1v) is 7.59. The summed E-state index contributed by atoms with van der Waals surface area (Å²) >= 11 is 0. The van der Waals surface area contributed by atoms with E-state index in [4.69, 9.17) is 0 Å². The Balaban J connectivity index is 2.24. The van der Waals surface area contributed by atoms with Crippen LogP contribution in [0.1, 0.15) is 44.1 Å². The van der Waals surface area contributed by atoms with Crippen LogP contribution in [0.2, 0.25) is 0 Å².